The lowest BCUT2D eigenvalue weighted by molar-refractivity contribution is -0.385. The highest BCUT2D eigenvalue weighted by atomic mass is 17.2. The van der Waals surface area contributed by atoms with Crippen molar-refractivity contribution in [3.63, 3.8) is 0 Å². The third-order valence-electron chi connectivity index (χ3n) is 4.33. The van der Waals surface area contributed by atoms with Crippen molar-refractivity contribution in [2.75, 3.05) is 32.1 Å². The summed E-state index contributed by atoms with van der Waals surface area (Å²) < 4.78 is 0. The SMILES string of the molecule is CN(C)C1CCN(c2ccc(C(=O)OOC(C)(C)C)c([N+](=O)[O-])c2)CC1. The number of anilines is 1. The van der Waals surface area contributed by atoms with Crippen LogP contribution in [0.25, 0.3) is 0 Å². The molecule has 0 bridgehead atoms. The van der Waals surface area contributed by atoms with E-state index in [0.29, 0.717) is 6.04 Å². The maximum absolute atomic E-state index is 12.2. The molecule has 1 aromatic rings. The lowest BCUT2D eigenvalue weighted by atomic mass is 10.0. The molecule has 1 aromatic carbocycles. The Bertz CT molecular complexity index is 661. The number of nitrogens with zero attached hydrogens (tertiary/aromatic N) is 3. The molecule has 2 rings (SSSR count). The molecule has 1 aliphatic heterocycles. The van der Waals surface area contributed by atoms with E-state index in [4.69, 9.17) is 9.78 Å². The molecule has 0 aromatic heterocycles. The van der Waals surface area contributed by atoms with Gasteiger partial charge in [-0.3, -0.25) is 15.0 Å². The van der Waals surface area contributed by atoms with E-state index in [0.717, 1.165) is 31.6 Å². The van der Waals surface area contributed by atoms with Crippen molar-refractivity contribution in [3.05, 3.63) is 33.9 Å². The van der Waals surface area contributed by atoms with Crippen LogP contribution in [0.15, 0.2) is 18.2 Å². The molecule has 0 amide bonds. The van der Waals surface area contributed by atoms with Crippen LogP contribution in [0.4, 0.5) is 11.4 Å². The molecular weight excluding hydrogens is 338 g/mol. The quantitative estimate of drug-likeness (QED) is 0.450. The number of nitro benzene ring substituents is 1. The zero-order valence-electron chi connectivity index (χ0n) is 16.0. The van der Waals surface area contributed by atoms with Crippen molar-refractivity contribution in [1.82, 2.24) is 4.90 Å². The Morgan fingerprint density at radius 1 is 1.27 bits per heavy atom. The number of hydrogen-bond acceptors (Lipinski definition) is 7. The molecule has 1 fully saturated rings. The first kappa shape index (κ1) is 20.1. The van der Waals surface area contributed by atoms with E-state index < -0.39 is 16.5 Å². The fraction of sp³-hybridized carbons (Fsp3) is 0.611. The fourth-order valence-corrected chi connectivity index (χ4v) is 2.89. The molecular formula is C18H27N3O5. The molecule has 1 heterocycles. The second-order valence-electron chi connectivity index (χ2n) is 7.71. The first-order valence-corrected chi connectivity index (χ1v) is 8.68. The number of benzene rings is 1. The van der Waals surface area contributed by atoms with Crippen molar-refractivity contribution < 1.29 is 19.5 Å². The topological polar surface area (TPSA) is 85.2 Å². The van der Waals surface area contributed by atoms with Crippen LogP contribution < -0.4 is 4.90 Å². The smallest absolute Gasteiger partial charge is 0.371 e. The van der Waals surface area contributed by atoms with Gasteiger partial charge in [0.25, 0.3) is 5.69 Å². The van der Waals surface area contributed by atoms with Crippen molar-refractivity contribution >= 4 is 17.3 Å². The summed E-state index contributed by atoms with van der Waals surface area (Å²) in [5.74, 6) is -0.871. The maximum atomic E-state index is 12.2. The largest absolute Gasteiger partial charge is 0.380 e. The van der Waals surface area contributed by atoms with Gasteiger partial charge in [-0.25, -0.2) is 4.79 Å². The van der Waals surface area contributed by atoms with Gasteiger partial charge in [-0.05, 0) is 59.8 Å². The summed E-state index contributed by atoms with van der Waals surface area (Å²) in [6.07, 6.45) is 1.98. The van der Waals surface area contributed by atoms with E-state index in [1.807, 2.05) is 0 Å². The second kappa shape index (κ2) is 8.01. The van der Waals surface area contributed by atoms with Gasteiger partial charge in [-0.2, -0.15) is 4.89 Å². The van der Waals surface area contributed by atoms with Gasteiger partial charge < -0.3 is 9.80 Å². The van der Waals surface area contributed by atoms with Gasteiger partial charge in [0.1, 0.15) is 11.2 Å². The minimum Gasteiger partial charge on any atom is -0.371 e. The van der Waals surface area contributed by atoms with Crippen LogP contribution in [0.2, 0.25) is 0 Å². The number of carbonyl (C=O) groups excluding carboxylic acids is 1. The fourth-order valence-electron chi connectivity index (χ4n) is 2.89. The Kier molecular flexibility index (Phi) is 6.20. The van der Waals surface area contributed by atoms with Gasteiger partial charge in [0, 0.05) is 30.9 Å². The molecule has 8 heteroatoms. The van der Waals surface area contributed by atoms with E-state index >= 15 is 0 Å². The van der Waals surface area contributed by atoms with Crippen molar-refractivity contribution in [2.24, 2.45) is 0 Å². The van der Waals surface area contributed by atoms with Gasteiger partial charge >= 0.3 is 5.97 Å². The average molecular weight is 365 g/mol. The molecule has 0 unspecified atom stereocenters. The molecule has 0 N–H and O–H groups in total. The first-order chi connectivity index (χ1) is 12.1. The molecule has 1 saturated heterocycles. The minimum absolute atomic E-state index is 0.119. The maximum Gasteiger partial charge on any atom is 0.380 e. The van der Waals surface area contributed by atoms with Crippen LogP contribution >= 0.6 is 0 Å². The highest BCUT2D eigenvalue weighted by Gasteiger charge is 2.27. The molecule has 0 aliphatic carbocycles. The molecule has 0 spiro atoms. The lowest BCUT2D eigenvalue weighted by Gasteiger charge is -2.36. The summed E-state index contributed by atoms with van der Waals surface area (Å²) in [6.45, 7) is 6.79. The summed E-state index contributed by atoms with van der Waals surface area (Å²) in [5, 5.41) is 11.4. The Hall–Kier alpha value is -2.19. The highest BCUT2D eigenvalue weighted by molar-refractivity contribution is 5.94. The Morgan fingerprint density at radius 2 is 1.88 bits per heavy atom. The number of hydrogen-bond donors (Lipinski definition) is 0. The van der Waals surface area contributed by atoms with E-state index in [1.165, 1.54) is 12.1 Å². The van der Waals surface area contributed by atoms with Crippen LogP contribution in [0.3, 0.4) is 0 Å². The predicted octanol–water partition coefficient (Wildman–Crippen LogP) is 3.01. The van der Waals surface area contributed by atoms with Crippen LogP contribution in [-0.4, -0.2) is 54.6 Å². The summed E-state index contributed by atoms with van der Waals surface area (Å²) in [4.78, 5) is 37.0. The van der Waals surface area contributed by atoms with Gasteiger partial charge in [-0.15, -0.1) is 0 Å². The Balaban J connectivity index is 2.16. The summed E-state index contributed by atoms with van der Waals surface area (Å²) in [5.41, 5.74) is -0.352. The van der Waals surface area contributed by atoms with Gasteiger partial charge in [0.2, 0.25) is 0 Å². The second-order valence-corrected chi connectivity index (χ2v) is 7.71. The van der Waals surface area contributed by atoms with Crippen LogP contribution in [0, 0.1) is 10.1 Å². The van der Waals surface area contributed by atoms with E-state index in [1.54, 1.807) is 26.8 Å². The highest BCUT2D eigenvalue weighted by Crippen LogP contribution is 2.29. The van der Waals surface area contributed by atoms with Crippen molar-refractivity contribution in [3.8, 4) is 0 Å². The van der Waals surface area contributed by atoms with Gasteiger partial charge in [-0.1, -0.05) is 0 Å². The van der Waals surface area contributed by atoms with Crippen molar-refractivity contribution in [1.29, 1.82) is 0 Å². The minimum atomic E-state index is -0.871. The van der Waals surface area contributed by atoms with Gasteiger partial charge in [0.05, 0.1) is 4.92 Å². The number of piperidine rings is 1. The molecule has 144 valence electrons. The Morgan fingerprint density at radius 3 is 2.38 bits per heavy atom. The zero-order chi connectivity index (χ0) is 19.5. The van der Waals surface area contributed by atoms with Crippen LogP contribution in [0.5, 0.6) is 0 Å². The third-order valence-corrected chi connectivity index (χ3v) is 4.33. The Labute approximate surface area is 153 Å². The third kappa shape index (κ3) is 5.15. The van der Waals surface area contributed by atoms with Crippen LogP contribution in [0.1, 0.15) is 44.0 Å². The molecule has 0 radical (unpaired) electrons. The normalized spacial score (nSPS) is 16.0. The monoisotopic (exact) mass is 365 g/mol. The summed E-state index contributed by atoms with van der Waals surface area (Å²) >= 11 is 0. The zero-order valence-corrected chi connectivity index (χ0v) is 16.0. The predicted molar refractivity (Wildman–Crippen MR) is 98.3 cm³/mol. The van der Waals surface area contributed by atoms with E-state index in [9.17, 15) is 14.9 Å². The molecule has 1 aliphatic rings. The molecule has 0 atom stereocenters. The average Bonchev–Trinajstić information content (AvgIpc) is 2.58. The number of rotatable bonds is 5. The lowest BCUT2D eigenvalue weighted by Crippen LogP contribution is -2.42. The first-order valence-electron chi connectivity index (χ1n) is 8.68. The summed E-state index contributed by atoms with van der Waals surface area (Å²) in [6, 6.07) is 5.10. The molecule has 26 heavy (non-hydrogen) atoms. The van der Waals surface area contributed by atoms with E-state index in [2.05, 4.69) is 23.9 Å². The van der Waals surface area contributed by atoms with E-state index in [-0.39, 0.29) is 11.3 Å². The number of carbonyl (C=O) groups is 1. The van der Waals surface area contributed by atoms with Crippen molar-refractivity contribution in [2.45, 2.75) is 45.3 Å². The van der Waals surface area contributed by atoms with Gasteiger partial charge in [0.15, 0.2) is 0 Å². The molecule has 8 nitrogen and oxygen atoms in total. The molecule has 0 saturated carbocycles. The number of nitro groups is 1. The standard InChI is InChI=1S/C18H27N3O5/c1-18(2,3)26-25-17(22)15-7-6-14(12-16(15)21(23)24)20-10-8-13(9-11-20)19(4)5/h6-7,12-13H,8-11H2,1-5H3. The van der Waals surface area contributed by atoms with Crippen LogP contribution in [-0.2, 0) is 9.78 Å². The summed E-state index contributed by atoms with van der Waals surface area (Å²) in [7, 11) is 4.12.